The van der Waals surface area contributed by atoms with Crippen LogP contribution in [0.1, 0.15) is 23.6 Å². The van der Waals surface area contributed by atoms with E-state index < -0.39 is 10.8 Å². The van der Waals surface area contributed by atoms with Crippen molar-refractivity contribution < 1.29 is 14.6 Å². The molecule has 0 radical (unpaired) electrons. The second-order valence-corrected chi connectivity index (χ2v) is 5.77. The fourth-order valence-corrected chi connectivity index (χ4v) is 2.42. The van der Waals surface area contributed by atoms with Crippen molar-refractivity contribution >= 4 is 17.6 Å². The third-order valence-corrected chi connectivity index (χ3v) is 3.96. The number of aliphatic carboxylic acids is 1. The molecule has 1 aliphatic heterocycles. The van der Waals surface area contributed by atoms with Crippen molar-refractivity contribution in [3.8, 4) is 11.5 Å². The molecule has 0 saturated heterocycles. The lowest BCUT2D eigenvalue weighted by Crippen LogP contribution is -2.25. The number of carboxylic acid groups (broad SMARTS) is 1. The molecule has 2 aromatic carbocycles. The van der Waals surface area contributed by atoms with Gasteiger partial charge in [0.25, 0.3) is 0 Å². The number of fused-ring (bicyclic) bond motifs is 2. The summed E-state index contributed by atoms with van der Waals surface area (Å²) in [6, 6.07) is 13.1. The van der Waals surface area contributed by atoms with Gasteiger partial charge in [0.2, 0.25) is 0 Å². The Morgan fingerprint density at radius 2 is 1.90 bits per heavy atom. The number of halogens is 1. The first-order valence-corrected chi connectivity index (χ1v) is 6.68. The Bertz CT molecular complexity index is 692. The summed E-state index contributed by atoms with van der Waals surface area (Å²) < 4.78 is 5.82. The number of alkyl halides is 1. The van der Waals surface area contributed by atoms with Gasteiger partial charge in [-0.15, -0.1) is 11.6 Å². The minimum Gasteiger partial charge on any atom is -0.480 e. The summed E-state index contributed by atoms with van der Waals surface area (Å²) in [5, 5.41) is 9.19. The average molecular weight is 289 g/mol. The minimum atomic E-state index is -1.42. The molecule has 0 fully saturated rings. The van der Waals surface area contributed by atoms with Crippen LogP contribution in [0.5, 0.6) is 11.5 Å². The molecule has 1 heterocycles. The smallest absolute Gasteiger partial charge is 0.329 e. The average Bonchev–Trinajstić information content (AvgIpc) is 2.44. The van der Waals surface area contributed by atoms with Crippen LogP contribution < -0.4 is 4.74 Å². The predicted octanol–water partition coefficient (Wildman–Crippen LogP) is 3.92. The van der Waals surface area contributed by atoms with Gasteiger partial charge in [0, 0.05) is 6.42 Å². The largest absolute Gasteiger partial charge is 0.480 e. The van der Waals surface area contributed by atoms with Crippen LogP contribution in [0.3, 0.4) is 0 Å². The van der Waals surface area contributed by atoms with Crippen LogP contribution in [0.2, 0.25) is 0 Å². The van der Waals surface area contributed by atoms with Crippen LogP contribution in [-0.4, -0.2) is 11.1 Å². The highest BCUT2D eigenvalue weighted by atomic mass is 35.5. The molecule has 3 rings (SSSR count). The second-order valence-electron chi connectivity index (χ2n) is 5.02. The van der Waals surface area contributed by atoms with Crippen molar-refractivity contribution in [3.05, 3.63) is 59.2 Å². The van der Waals surface area contributed by atoms with Gasteiger partial charge in [0.05, 0.1) is 0 Å². The third kappa shape index (κ3) is 2.04. The summed E-state index contributed by atoms with van der Waals surface area (Å²) in [6.45, 7) is 1.48. The number of hydrogen-bond donors (Lipinski definition) is 1. The van der Waals surface area contributed by atoms with Crippen LogP contribution in [0.15, 0.2) is 42.5 Å². The molecule has 4 heteroatoms. The lowest BCUT2D eigenvalue weighted by Gasteiger charge is -2.23. The van der Waals surface area contributed by atoms with E-state index in [-0.39, 0.29) is 0 Å². The van der Waals surface area contributed by atoms with Gasteiger partial charge in [-0.3, -0.25) is 0 Å². The Kier molecular flexibility index (Phi) is 2.94. The minimum absolute atomic E-state index is 0.563. The first-order chi connectivity index (χ1) is 9.48. The van der Waals surface area contributed by atoms with E-state index in [4.69, 9.17) is 16.3 Å². The Morgan fingerprint density at radius 3 is 2.65 bits per heavy atom. The lowest BCUT2D eigenvalue weighted by atomic mass is 9.93. The normalized spacial score (nSPS) is 15.5. The Labute approximate surface area is 121 Å². The van der Waals surface area contributed by atoms with Crippen LogP contribution in [0, 0.1) is 0 Å². The standard InChI is InChI=1S/C16H13ClO3/c1-16(17,15(18)19)12-6-7-14-11(9-12)8-10-4-2-3-5-13(10)20-14/h2-7,9H,8H2,1H3,(H,18,19). The molecule has 20 heavy (non-hydrogen) atoms. The maximum absolute atomic E-state index is 11.2. The topological polar surface area (TPSA) is 46.5 Å². The molecule has 1 unspecified atom stereocenters. The van der Waals surface area contributed by atoms with Gasteiger partial charge >= 0.3 is 5.97 Å². The Balaban J connectivity index is 2.02. The fraction of sp³-hybridized carbons (Fsp3) is 0.188. The zero-order chi connectivity index (χ0) is 14.3. The number of ether oxygens (including phenoxy) is 1. The highest BCUT2D eigenvalue weighted by Crippen LogP contribution is 2.39. The predicted molar refractivity (Wildman–Crippen MR) is 76.6 cm³/mol. The molecule has 3 nitrogen and oxygen atoms in total. The molecule has 0 aliphatic carbocycles. The molecule has 1 atom stereocenters. The van der Waals surface area contributed by atoms with Gasteiger partial charge in [-0.05, 0) is 41.8 Å². The van der Waals surface area contributed by atoms with E-state index in [1.807, 2.05) is 30.3 Å². The number of hydrogen-bond acceptors (Lipinski definition) is 2. The van der Waals surface area contributed by atoms with Gasteiger partial charge in [0.1, 0.15) is 11.5 Å². The number of carbonyl (C=O) groups is 1. The molecule has 1 N–H and O–H groups in total. The van der Waals surface area contributed by atoms with Gasteiger partial charge in [-0.1, -0.05) is 24.3 Å². The molecule has 1 aliphatic rings. The van der Waals surface area contributed by atoms with Crippen LogP contribution >= 0.6 is 11.6 Å². The van der Waals surface area contributed by atoms with Crippen molar-refractivity contribution in [2.24, 2.45) is 0 Å². The monoisotopic (exact) mass is 288 g/mol. The third-order valence-electron chi connectivity index (χ3n) is 3.58. The molecular formula is C16H13ClO3. The molecule has 0 aromatic heterocycles. The Morgan fingerprint density at radius 1 is 1.20 bits per heavy atom. The van der Waals surface area contributed by atoms with E-state index in [0.29, 0.717) is 12.0 Å². The highest BCUT2D eigenvalue weighted by molar-refractivity contribution is 6.33. The van der Waals surface area contributed by atoms with E-state index >= 15 is 0 Å². The maximum atomic E-state index is 11.2. The second kappa shape index (κ2) is 4.53. The summed E-state index contributed by atoms with van der Waals surface area (Å²) in [5.74, 6) is 0.543. The Hall–Kier alpha value is -2.00. The molecular weight excluding hydrogens is 276 g/mol. The van der Waals surface area contributed by atoms with Crippen molar-refractivity contribution in [2.45, 2.75) is 18.2 Å². The van der Waals surface area contributed by atoms with Crippen molar-refractivity contribution in [3.63, 3.8) is 0 Å². The summed E-state index contributed by atoms with van der Waals surface area (Å²) in [7, 11) is 0. The maximum Gasteiger partial charge on any atom is 0.329 e. The summed E-state index contributed by atoms with van der Waals surface area (Å²) in [5.41, 5.74) is 2.60. The van der Waals surface area contributed by atoms with Crippen molar-refractivity contribution in [2.75, 3.05) is 0 Å². The fourth-order valence-electron chi connectivity index (χ4n) is 2.31. The van der Waals surface area contributed by atoms with Crippen LogP contribution in [0.25, 0.3) is 0 Å². The van der Waals surface area contributed by atoms with Crippen molar-refractivity contribution in [1.29, 1.82) is 0 Å². The number of benzene rings is 2. The van der Waals surface area contributed by atoms with Gasteiger partial charge in [-0.25, -0.2) is 4.79 Å². The summed E-state index contributed by atoms with van der Waals surface area (Å²) >= 11 is 6.10. The van der Waals surface area contributed by atoms with E-state index in [1.54, 1.807) is 12.1 Å². The molecule has 102 valence electrons. The lowest BCUT2D eigenvalue weighted by molar-refractivity contribution is -0.139. The van der Waals surface area contributed by atoms with E-state index in [2.05, 4.69) is 0 Å². The molecule has 0 amide bonds. The summed E-state index contributed by atoms with van der Waals surface area (Å²) in [4.78, 5) is 9.80. The zero-order valence-corrected chi connectivity index (χ0v) is 11.6. The summed E-state index contributed by atoms with van der Waals surface area (Å²) in [6.07, 6.45) is 0.714. The first kappa shape index (κ1) is 13.0. The first-order valence-electron chi connectivity index (χ1n) is 6.30. The number of para-hydroxylation sites is 1. The van der Waals surface area contributed by atoms with Crippen LogP contribution in [0.4, 0.5) is 0 Å². The van der Waals surface area contributed by atoms with Gasteiger partial charge in [-0.2, -0.15) is 0 Å². The molecule has 0 saturated carbocycles. The SMILES string of the molecule is CC(Cl)(C(=O)O)c1ccc2c(c1)Cc1ccccc1O2. The molecule has 0 spiro atoms. The highest BCUT2D eigenvalue weighted by Gasteiger charge is 2.33. The molecule has 2 aromatic rings. The quantitative estimate of drug-likeness (QED) is 0.727. The van der Waals surface area contributed by atoms with E-state index in [0.717, 1.165) is 22.6 Å². The number of carboxylic acids is 1. The molecule has 0 bridgehead atoms. The van der Waals surface area contributed by atoms with Crippen molar-refractivity contribution in [1.82, 2.24) is 0 Å². The zero-order valence-electron chi connectivity index (χ0n) is 10.9. The number of rotatable bonds is 2. The van der Waals surface area contributed by atoms with E-state index in [9.17, 15) is 9.90 Å². The van der Waals surface area contributed by atoms with Gasteiger partial charge in [0.15, 0.2) is 4.87 Å². The van der Waals surface area contributed by atoms with Crippen LogP contribution in [-0.2, 0) is 16.1 Å². The van der Waals surface area contributed by atoms with Gasteiger partial charge < -0.3 is 9.84 Å². The van der Waals surface area contributed by atoms with E-state index in [1.165, 1.54) is 6.92 Å².